The number of hydrogen-bond acceptors (Lipinski definition) is 6. The highest BCUT2D eigenvalue weighted by atomic mass is 19.4. The summed E-state index contributed by atoms with van der Waals surface area (Å²) < 4.78 is 69.2. The average molecular weight is 611 g/mol. The van der Waals surface area contributed by atoms with Crippen molar-refractivity contribution in [1.29, 1.82) is 0 Å². The van der Waals surface area contributed by atoms with Crippen LogP contribution in [0.1, 0.15) is 41.5 Å². The summed E-state index contributed by atoms with van der Waals surface area (Å²) >= 11 is 0. The highest BCUT2D eigenvalue weighted by Crippen LogP contribution is 2.37. The Morgan fingerprint density at radius 3 is 2.48 bits per heavy atom. The molecule has 14 heteroatoms. The zero-order valence-corrected chi connectivity index (χ0v) is 23.5. The van der Waals surface area contributed by atoms with E-state index >= 15 is 0 Å². The molecule has 1 aliphatic rings. The number of fused-ring (bicyclic) bond motifs is 1. The van der Waals surface area contributed by atoms with Crippen molar-refractivity contribution in [3.05, 3.63) is 84.1 Å². The minimum absolute atomic E-state index is 0.0410. The number of aromatic nitrogens is 6. The summed E-state index contributed by atoms with van der Waals surface area (Å²) in [4.78, 5) is 27.1. The lowest BCUT2D eigenvalue weighted by Crippen LogP contribution is -2.37. The van der Waals surface area contributed by atoms with Crippen LogP contribution in [0.2, 0.25) is 0 Å². The molecule has 5 aromatic rings. The van der Waals surface area contributed by atoms with Crippen molar-refractivity contribution in [1.82, 2.24) is 34.0 Å². The van der Waals surface area contributed by atoms with Crippen LogP contribution in [0.25, 0.3) is 28.3 Å². The number of likely N-dealkylation sites (tertiary alicyclic amines) is 1. The number of pyridine rings is 1. The predicted octanol–water partition coefficient (Wildman–Crippen LogP) is 6.08. The molecule has 228 valence electrons. The van der Waals surface area contributed by atoms with Gasteiger partial charge >= 0.3 is 6.18 Å². The van der Waals surface area contributed by atoms with E-state index in [1.54, 1.807) is 24.3 Å². The van der Waals surface area contributed by atoms with Crippen LogP contribution in [0.5, 0.6) is 0 Å². The lowest BCUT2D eigenvalue weighted by atomic mass is 10.0. The number of aryl methyl sites for hydroxylation is 1. The van der Waals surface area contributed by atoms with Crippen LogP contribution in [0.4, 0.5) is 27.8 Å². The van der Waals surface area contributed by atoms with Gasteiger partial charge in [0.15, 0.2) is 11.5 Å². The Kier molecular flexibility index (Phi) is 7.84. The van der Waals surface area contributed by atoms with E-state index in [0.29, 0.717) is 60.0 Å². The van der Waals surface area contributed by atoms with Gasteiger partial charge in [0.25, 0.3) is 5.91 Å². The molecule has 1 aliphatic heterocycles. The van der Waals surface area contributed by atoms with Crippen molar-refractivity contribution in [2.75, 3.05) is 25.0 Å². The third-order valence-electron chi connectivity index (χ3n) is 7.63. The largest absolute Gasteiger partial charge is 0.390 e. The monoisotopic (exact) mass is 610 g/mol. The second-order valence-electron chi connectivity index (χ2n) is 10.6. The third-order valence-corrected chi connectivity index (χ3v) is 7.63. The van der Waals surface area contributed by atoms with Gasteiger partial charge in [-0.1, -0.05) is 0 Å². The molecule has 0 saturated carbocycles. The second-order valence-corrected chi connectivity index (χ2v) is 10.6. The highest BCUT2D eigenvalue weighted by molar-refractivity contribution is 6.03. The average Bonchev–Trinajstić information content (AvgIpc) is 3.55. The number of anilines is 1. The van der Waals surface area contributed by atoms with Crippen LogP contribution >= 0.6 is 0 Å². The summed E-state index contributed by atoms with van der Waals surface area (Å²) in [6.07, 6.45) is -1.10. The lowest BCUT2D eigenvalue weighted by Gasteiger charge is -2.34. The van der Waals surface area contributed by atoms with Crippen molar-refractivity contribution >= 4 is 17.4 Å². The molecule has 1 fully saturated rings. The summed E-state index contributed by atoms with van der Waals surface area (Å²) in [5, 5.41) is 7.40. The van der Waals surface area contributed by atoms with Crippen molar-refractivity contribution in [2.24, 2.45) is 0 Å². The zero-order valence-electron chi connectivity index (χ0n) is 23.5. The van der Waals surface area contributed by atoms with Crippen molar-refractivity contribution in [3.63, 3.8) is 0 Å². The van der Waals surface area contributed by atoms with Gasteiger partial charge in [-0.25, -0.2) is 23.9 Å². The van der Waals surface area contributed by atoms with E-state index in [4.69, 9.17) is 10.1 Å². The highest BCUT2D eigenvalue weighted by Gasteiger charge is 2.31. The summed E-state index contributed by atoms with van der Waals surface area (Å²) in [6.45, 7) is 2.82. The fourth-order valence-electron chi connectivity index (χ4n) is 5.53. The van der Waals surface area contributed by atoms with Crippen molar-refractivity contribution in [3.8, 4) is 22.6 Å². The number of piperidine rings is 1. The van der Waals surface area contributed by atoms with Gasteiger partial charge in [-0.2, -0.15) is 22.7 Å². The van der Waals surface area contributed by atoms with Gasteiger partial charge in [0, 0.05) is 49.1 Å². The van der Waals surface area contributed by atoms with Gasteiger partial charge in [0.1, 0.15) is 17.3 Å². The molecule has 6 rings (SSSR count). The van der Waals surface area contributed by atoms with E-state index in [1.165, 1.54) is 35.1 Å². The number of benzene rings is 1. The molecule has 0 radical (unpaired) electrons. The zero-order chi connectivity index (χ0) is 31.0. The lowest BCUT2D eigenvalue weighted by molar-refractivity contribution is -0.138. The Bertz CT molecular complexity index is 1810. The van der Waals surface area contributed by atoms with Gasteiger partial charge < -0.3 is 14.8 Å². The molecule has 0 unspecified atom stereocenters. The standard InChI is InChI=1S/C30H27F5N8O/c1-18-37-27(19-2-4-21(31)5-3-19)28(43(18)22-9-13-41(14-10-22)15-11-30(33,34)35)23-6-7-26-38-25(17-42(26)40-23)39-29(44)20-8-12-36-24(32)16-20/h2-8,12,16-17,22H,9-11,13-15H2,1H3,(H,39,44). The van der Waals surface area contributed by atoms with Gasteiger partial charge in [-0.05, 0) is 62.2 Å². The molecule has 0 bridgehead atoms. The summed E-state index contributed by atoms with van der Waals surface area (Å²) in [5.41, 5.74) is 2.99. The molecule has 5 heterocycles. The first-order valence-corrected chi connectivity index (χ1v) is 14.0. The van der Waals surface area contributed by atoms with E-state index in [1.807, 2.05) is 11.8 Å². The Morgan fingerprint density at radius 1 is 1.02 bits per heavy atom. The first-order valence-electron chi connectivity index (χ1n) is 14.0. The molecule has 0 aliphatic carbocycles. The fourth-order valence-corrected chi connectivity index (χ4v) is 5.53. The number of alkyl halides is 3. The first kappa shape index (κ1) is 29.4. The first-order chi connectivity index (χ1) is 21.0. The number of carbonyl (C=O) groups excluding carboxylic acids is 1. The van der Waals surface area contributed by atoms with Gasteiger partial charge in [-0.15, -0.1) is 0 Å². The van der Waals surface area contributed by atoms with Crippen molar-refractivity contribution < 1.29 is 26.7 Å². The molecule has 0 spiro atoms. The number of carbonyl (C=O) groups is 1. The smallest absolute Gasteiger partial charge is 0.323 e. The molecule has 0 atom stereocenters. The Balaban J connectivity index is 1.33. The molecular weight excluding hydrogens is 583 g/mol. The van der Waals surface area contributed by atoms with E-state index in [2.05, 4.69) is 19.9 Å². The molecule has 9 nitrogen and oxygen atoms in total. The van der Waals surface area contributed by atoms with Crippen LogP contribution in [0, 0.1) is 18.7 Å². The van der Waals surface area contributed by atoms with Gasteiger partial charge in [-0.3, -0.25) is 4.79 Å². The van der Waals surface area contributed by atoms with Crippen LogP contribution in [0.15, 0.2) is 60.9 Å². The fraction of sp³-hybridized carbons (Fsp3) is 0.300. The molecule has 1 amide bonds. The van der Waals surface area contributed by atoms with Crippen LogP contribution in [-0.4, -0.2) is 65.8 Å². The van der Waals surface area contributed by atoms with E-state index in [0.717, 1.165) is 6.07 Å². The SMILES string of the molecule is Cc1nc(-c2ccc(F)cc2)c(-c2ccc3nc(NC(=O)c4ccnc(F)c4)cn3n2)n1C1CCN(CCC(F)(F)F)CC1. The number of halogens is 5. The predicted molar refractivity (Wildman–Crippen MR) is 152 cm³/mol. The Hall–Kier alpha value is -4.72. The maximum absolute atomic E-state index is 13.8. The van der Waals surface area contributed by atoms with Crippen LogP contribution < -0.4 is 5.32 Å². The minimum Gasteiger partial charge on any atom is -0.323 e. The van der Waals surface area contributed by atoms with E-state index in [9.17, 15) is 26.7 Å². The Morgan fingerprint density at radius 2 is 1.77 bits per heavy atom. The molecular formula is C30H27F5N8O. The van der Waals surface area contributed by atoms with E-state index in [-0.39, 0.29) is 29.8 Å². The maximum Gasteiger partial charge on any atom is 0.390 e. The minimum atomic E-state index is -4.20. The quantitative estimate of drug-likeness (QED) is 0.177. The molecule has 1 saturated heterocycles. The summed E-state index contributed by atoms with van der Waals surface area (Å²) in [6, 6.07) is 11.8. The van der Waals surface area contributed by atoms with Gasteiger partial charge in [0.05, 0.1) is 24.0 Å². The third kappa shape index (κ3) is 6.30. The molecule has 1 aromatic carbocycles. The molecule has 1 N–H and O–H groups in total. The van der Waals surface area contributed by atoms with Crippen molar-refractivity contribution in [2.45, 2.75) is 38.4 Å². The number of amides is 1. The molecule has 4 aromatic heterocycles. The maximum atomic E-state index is 13.8. The van der Waals surface area contributed by atoms with Gasteiger partial charge in [0.2, 0.25) is 5.95 Å². The van der Waals surface area contributed by atoms with Crippen LogP contribution in [0.3, 0.4) is 0 Å². The summed E-state index contributed by atoms with van der Waals surface area (Å²) in [5.74, 6) is -0.844. The molecule has 44 heavy (non-hydrogen) atoms. The normalized spacial score (nSPS) is 14.8. The second kappa shape index (κ2) is 11.8. The number of nitrogens with one attached hydrogen (secondary N) is 1. The van der Waals surface area contributed by atoms with E-state index < -0.39 is 24.5 Å². The topological polar surface area (TPSA) is 93.2 Å². The number of imidazole rings is 2. The Labute approximate surface area is 248 Å². The number of hydrogen-bond donors (Lipinski definition) is 1. The summed E-state index contributed by atoms with van der Waals surface area (Å²) in [7, 11) is 0. The van der Waals surface area contributed by atoms with Crippen LogP contribution in [-0.2, 0) is 0 Å². The number of nitrogens with zero attached hydrogens (tertiary/aromatic N) is 7. The number of rotatable bonds is 7.